The molecule has 1 aromatic carbocycles. The molecule has 1 N–H and O–H groups in total. The van der Waals surface area contributed by atoms with Gasteiger partial charge in [0.05, 0.1) is 10.6 Å². The molecule has 0 aliphatic carbocycles. The van der Waals surface area contributed by atoms with Crippen LogP contribution in [0.2, 0.25) is 10.2 Å². The highest BCUT2D eigenvalue weighted by Crippen LogP contribution is 2.18. The minimum Gasteiger partial charge on any atom is -0.354 e. The second-order valence-electron chi connectivity index (χ2n) is 4.24. The van der Waals surface area contributed by atoms with Gasteiger partial charge < -0.3 is 5.32 Å². The Labute approximate surface area is 145 Å². The van der Waals surface area contributed by atoms with Gasteiger partial charge in [0.1, 0.15) is 5.15 Å². The van der Waals surface area contributed by atoms with Crippen molar-refractivity contribution in [1.82, 2.24) is 4.98 Å². The summed E-state index contributed by atoms with van der Waals surface area (Å²) in [6, 6.07) is 10.4. The fraction of sp³-hybridized carbons (Fsp3) is 0.188. The first-order valence-electron chi connectivity index (χ1n) is 7.00. The van der Waals surface area contributed by atoms with Gasteiger partial charge in [-0.3, -0.25) is 10.1 Å². The van der Waals surface area contributed by atoms with Crippen LogP contribution in [-0.4, -0.2) is 9.91 Å². The lowest BCUT2D eigenvalue weighted by atomic mass is 10.1. The van der Waals surface area contributed by atoms with Gasteiger partial charge in [0, 0.05) is 23.3 Å². The number of nitrogens with one attached hydrogen (secondary N) is 1. The van der Waals surface area contributed by atoms with Gasteiger partial charge in [-0.1, -0.05) is 49.2 Å². The van der Waals surface area contributed by atoms with Gasteiger partial charge in [-0.05, 0) is 29.8 Å². The van der Waals surface area contributed by atoms with Gasteiger partial charge in [-0.15, -0.1) is 0 Å². The van der Waals surface area contributed by atoms with Crippen LogP contribution in [0, 0.1) is 10.1 Å². The van der Waals surface area contributed by atoms with Crippen LogP contribution in [0.4, 0.5) is 5.69 Å². The number of nitrogens with zero attached hydrogens (tertiary/aromatic N) is 2. The molecule has 0 bridgehead atoms. The highest BCUT2D eigenvalue weighted by atomic mass is 35.5. The lowest BCUT2D eigenvalue weighted by Crippen LogP contribution is -2.06. The zero-order valence-corrected chi connectivity index (χ0v) is 14.3. The predicted molar refractivity (Wildman–Crippen MR) is 94.5 cm³/mol. The van der Waals surface area contributed by atoms with E-state index in [0.29, 0.717) is 28.0 Å². The number of allylic oxidation sites excluding steroid dienone is 1. The van der Waals surface area contributed by atoms with Gasteiger partial charge in [0.15, 0.2) is 0 Å². The van der Waals surface area contributed by atoms with E-state index in [-0.39, 0.29) is 0 Å². The summed E-state index contributed by atoms with van der Waals surface area (Å²) in [5.74, 6) is 0. The molecular weight excluding hydrogens is 337 g/mol. The second-order valence-corrected chi connectivity index (χ2v) is 5.06. The molecule has 1 heterocycles. The molecule has 0 radical (unpaired) electrons. The lowest BCUT2D eigenvalue weighted by Gasteiger charge is -2.09. The number of halogens is 2. The summed E-state index contributed by atoms with van der Waals surface area (Å²) < 4.78 is 0. The Kier molecular flexibility index (Phi) is 8.08. The molecule has 1 aromatic heterocycles. The molecule has 0 spiro atoms. The van der Waals surface area contributed by atoms with E-state index in [1.807, 2.05) is 13.8 Å². The molecule has 23 heavy (non-hydrogen) atoms. The monoisotopic (exact) mass is 353 g/mol. The second kappa shape index (κ2) is 9.82. The fourth-order valence-corrected chi connectivity index (χ4v) is 2.03. The third-order valence-electron chi connectivity index (χ3n) is 2.57. The number of nitro groups is 1. The highest BCUT2D eigenvalue weighted by molar-refractivity contribution is 6.30. The Balaban J connectivity index is 0.00000127. The van der Waals surface area contributed by atoms with Crippen molar-refractivity contribution in [2.24, 2.45) is 0 Å². The van der Waals surface area contributed by atoms with Crippen molar-refractivity contribution in [3.8, 4) is 0 Å². The van der Waals surface area contributed by atoms with Gasteiger partial charge in [-0.2, -0.15) is 0 Å². The maximum Gasteiger partial charge on any atom is 0.253 e. The molecule has 0 fully saturated rings. The average Bonchev–Trinajstić information content (AvgIpc) is 2.51. The van der Waals surface area contributed by atoms with E-state index in [4.69, 9.17) is 23.2 Å². The number of anilines is 1. The summed E-state index contributed by atoms with van der Waals surface area (Å²) in [6.45, 7) is 4.00. The smallest absolute Gasteiger partial charge is 0.253 e. The van der Waals surface area contributed by atoms with E-state index in [1.54, 1.807) is 42.6 Å². The summed E-state index contributed by atoms with van der Waals surface area (Å²) in [6.07, 6.45) is 2.84. The van der Waals surface area contributed by atoms with Gasteiger partial charge in [0.25, 0.3) is 6.20 Å². The number of hydrogen-bond acceptors (Lipinski definition) is 4. The molecule has 0 unspecified atom stereocenters. The molecule has 0 aliphatic rings. The number of pyridine rings is 1. The van der Waals surface area contributed by atoms with E-state index in [1.165, 1.54) is 0 Å². The summed E-state index contributed by atoms with van der Waals surface area (Å²) in [5.41, 5.74) is 1.91. The topological polar surface area (TPSA) is 68.1 Å². The molecule has 2 aromatic rings. The van der Waals surface area contributed by atoms with Gasteiger partial charge in [0.2, 0.25) is 0 Å². The minimum atomic E-state index is -0.504. The molecule has 7 heteroatoms. The van der Waals surface area contributed by atoms with Gasteiger partial charge >= 0.3 is 0 Å². The van der Waals surface area contributed by atoms with Crippen molar-refractivity contribution in [2.75, 3.05) is 5.32 Å². The van der Waals surface area contributed by atoms with E-state index in [9.17, 15) is 10.1 Å². The van der Waals surface area contributed by atoms with E-state index < -0.39 is 4.92 Å². The quantitative estimate of drug-likeness (QED) is 0.456. The zero-order valence-electron chi connectivity index (χ0n) is 12.8. The van der Waals surface area contributed by atoms with Crippen molar-refractivity contribution in [2.45, 2.75) is 20.3 Å². The van der Waals surface area contributed by atoms with Crippen LogP contribution >= 0.6 is 23.2 Å². The lowest BCUT2D eigenvalue weighted by molar-refractivity contribution is -0.403. The third kappa shape index (κ3) is 7.13. The summed E-state index contributed by atoms with van der Waals surface area (Å²) in [4.78, 5) is 14.2. The molecule has 0 atom stereocenters. The molecule has 5 nitrogen and oxygen atoms in total. The van der Waals surface area contributed by atoms with Crippen molar-refractivity contribution in [3.05, 3.63) is 80.3 Å². The molecular formula is C16H17Cl2N3O2. The van der Waals surface area contributed by atoms with E-state index >= 15 is 0 Å². The Hall–Kier alpha value is -2.11. The molecule has 2 rings (SSSR count). The van der Waals surface area contributed by atoms with E-state index in [0.717, 1.165) is 11.8 Å². The SMILES string of the molecule is CC.O=[N+]([O-])/C=C(/Cc1ccc(Cl)nc1)Nc1cccc(Cl)c1. The number of aromatic nitrogens is 1. The van der Waals surface area contributed by atoms with E-state index in [2.05, 4.69) is 10.3 Å². The van der Waals surface area contributed by atoms with Crippen LogP contribution in [0.3, 0.4) is 0 Å². The molecule has 0 saturated heterocycles. The Bertz CT molecular complexity index is 673. The average molecular weight is 354 g/mol. The van der Waals surface area contributed by atoms with Gasteiger partial charge in [-0.25, -0.2) is 4.98 Å². The molecule has 0 saturated carbocycles. The summed E-state index contributed by atoms with van der Waals surface area (Å²) in [5, 5.41) is 14.7. The van der Waals surface area contributed by atoms with Crippen LogP contribution in [-0.2, 0) is 6.42 Å². The maximum atomic E-state index is 10.7. The van der Waals surface area contributed by atoms with Crippen LogP contribution in [0.15, 0.2) is 54.5 Å². The highest BCUT2D eigenvalue weighted by Gasteiger charge is 2.07. The first-order valence-corrected chi connectivity index (χ1v) is 7.76. The molecule has 0 aliphatic heterocycles. The minimum absolute atomic E-state index is 0.331. The van der Waals surface area contributed by atoms with Crippen LogP contribution in [0.25, 0.3) is 0 Å². The van der Waals surface area contributed by atoms with Crippen LogP contribution < -0.4 is 5.32 Å². The Morgan fingerprint density at radius 3 is 2.61 bits per heavy atom. The number of rotatable bonds is 5. The van der Waals surface area contributed by atoms with Crippen molar-refractivity contribution in [1.29, 1.82) is 0 Å². The Morgan fingerprint density at radius 1 is 1.30 bits per heavy atom. The number of benzene rings is 1. The molecule has 122 valence electrons. The molecule has 0 amide bonds. The summed E-state index contributed by atoms with van der Waals surface area (Å²) in [7, 11) is 0. The third-order valence-corrected chi connectivity index (χ3v) is 3.03. The van der Waals surface area contributed by atoms with Crippen LogP contribution in [0.5, 0.6) is 0 Å². The largest absolute Gasteiger partial charge is 0.354 e. The number of hydrogen-bond donors (Lipinski definition) is 1. The van der Waals surface area contributed by atoms with Crippen molar-refractivity contribution >= 4 is 28.9 Å². The predicted octanol–water partition coefficient (Wildman–Crippen LogP) is 5.19. The summed E-state index contributed by atoms with van der Waals surface area (Å²) >= 11 is 11.6. The van der Waals surface area contributed by atoms with Crippen LogP contribution in [0.1, 0.15) is 19.4 Å². The maximum absolute atomic E-state index is 10.7. The Morgan fingerprint density at radius 2 is 2.04 bits per heavy atom. The van der Waals surface area contributed by atoms with Crippen molar-refractivity contribution < 1.29 is 4.92 Å². The first-order chi connectivity index (χ1) is 11.0. The van der Waals surface area contributed by atoms with Crippen molar-refractivity contribution in [3.63, 3.8) is 0 Å². The first kappa shape index (κ1) is 18.9. The zero-order chi connectivity index (χ0) is 17.2. The normalized spacial score (nSPS) is 10.5. The standard InChI is InChI=1S/C14H11Cl2N3O2.C2H6/c15-11-2-1-3-12(7-11)18-13(9-19(20)21)6-10-4-5-14(16)17-8-10;1-2/h1-5,7-9,18H,6H2;1-2H3/b13-9-;. The fourth-order valence-electron chi connectivity index (χ4n) is 1.73.